The van der Waals surface area contributed by atoms with E-state index in [2.05, 4.69) is 24.2 Å². The van der Waals surface area contributed by atoms with Gasteiger partial charge in [0.05, 0.1) is 0 Å². The fourth-order valence-electron chi connectivity index (χ4n) is 3.63. The Hall–Kier alpha value is -0.170. The van der Waals surface area contributed by atoms with Gasteiger partial charge in [-0.25, -0.2) is 8.42 Å². The van der Waals surface area contributed by atoms with E-state index in [1.807, 2.05) is 0 Å². The van der Waals surface area contributed by atoms with Crippen LogP contribution in [0.4, 0.5) is 0 Å². The predicted octanol–water partition coefficient (Wildman–Crippen LogP) is 1.30. The number of sulfone groups is 1. The van der Waals surface area contributed by atoms with Crippen LogP contribution in [0.1, 0.15) is 52.4 Å². The predicted molar refractivity (Wildman–Crippen MR) is 84.2 cm³/mol. The maximum atomic E-state index is 11.3. The molecule has 0 radical (unpaired) electrons. The normalized spacial score (nSPS) is 19.4. The van der Waals surface area contributed by atoms with Crippen molar-refractivity contribution in [1.29, 1.82) is 0 Å². The molecule has 3 N–H and O–H groups in total. The molecule has 1 rings (SSSR count). The minimum absolute atomic E-state index is 0.0583. The van der Waals surface area contributed by atoms with Crippen LogP contribution in [-0.4, -0.2) is 50.0 Å². The largest absolute Gasteiger partial charge is 0.296 e. The Morgan fingerprint density at radius 1 is 1.25 bits per heavy atom. The fraction of sp³-hybridized carbons (Fsp3) is 1.00. The first-order chi connectivity index (χ1) is 9.39. The second kappa shape index (κ2) is 7.73. The van der Waals surface area contributed by atoms with Crippen LogP contribution < -0.4 is 11.3 Å². The van der Waals surface area contributed by atoms with E-state index in [1.54, 1.807) is 0 Å². The maximum Gasteiger partial charge on any atom is 0.147 e. The van der Waals surface area contributed by atoms with Crippen LogP contribution in [0.15, 0.2) is 0 Å². The van der Waals surface area contributed by atoms with Crippen LogP contribution in [-0.2, 0) is 9.84 Å². The summed E-state index contributed by atoms with van der Waals surface area (Å²) in [5.41, 5.74) is 3.03. The van der Waals surface area contributed by atoms with E-state index in [4.69, 9.17) is 5.84 Å². The Morgan fingerprint density at radius 3 is 2.20 bits per heavy atom. The van der Waals surface area contributed by atoms with Gasteiger partial charge in [0.15, 0.2) is 0 Å². The summed E-state index contributed by atoms with van der Waals surface area (Å²) in [6.07, 6.45) is 7.36. The number of hydrogen-bond donors (Lipinski definition) is 2. The fourth-order valence-corrected chi connectivity index (χ4v) is 4.32. The van der Waals surface area contributed by atoms with Gasteiger partial charge in [-0.15, -0.1) is 0 Å². The van der Waals surface area contributed by atoms with E-state index < -0.39 is 9.84 Å². The number of rotatable bonds is 9. The van der Waals surface area contributed by atoms with Crippen molar-refractivity contribution in [1.82, 2.24) is 10.3 Å². The Kier molecular flexibility index (Phi) is 6.91. The SMILES string of the molecule is CCC(CC)(C(CCCS(C)(=O)=O)NN)N1CCCC1. The van der Waals surface area contributed by atoms with Gasteiger partial charge >= 0.3 is 0 Å². The molecule has 0 amide bonds. The zero-order valence-corrected chi connectivity index (χ0v) is 14.0. The van der Waals surface area contributed by atoms with Crippen molar-refractivity contribution >= 4 is 9.84 Å². The van der Waals surface area contributed by atoms with Gasteiger partial charge in [-0.2, -0.15) is 0 Å². The molecule has 1 unspecified atom stereocenters. The van der Waals surface area contributed by atoms with Gasteiger partial charge in [-0.05, 0) is 51.6 Å². The Bertz CT molecular complexity index is 374. The summed E-state index contributed by atoms with van der Waals surface area (Å²) in [4.78, 5) is 2.55. The first kappa shape index (κ1) is 17.9. The molecule has 0 aliphatic carbocycles. The molecule has 0 aromatic carbocycles. The van der Waals surface area contributed by atoms with E-state index >= 15 is 0 Å². The molecule has 120 valence electrons. The number of hydrogen-bond acceptors (Lipinski definition) is 5. The molecule has 1 fully saturated rings. The van der Waals surface area contributed by atoms with Crippen molar-refractivity contribution in [3.8, 4) is 0 Å². The average Bonchev–Trinajstić information content (AvgIpc) is 2.91. The van der Waals surface area contributed by atoms with Crippen LogP contribution in [0.5, 0.6) is 0 Å². The van der Waals surface area contributed by atoms with Crippen molar-refractivity contribution in [2.75, 3.05) is 25.1 Å². The molecule has 0 bridgehead atoms. The molecule has 0 aromatic rings. The molecule has 1 aliphatic rings. The number of hydrazine groups is 1. The van der Waals surface area contributed by atoms with Crippen LogP contribution in [0.2, 0.25) is 0 Å². The molecule has 1 saturated heterocycles. The lowest BCUT2D eigenvalue weighted by Gasteiger charge is -2.46. The monoisotopic (exact) mass is 305 g/mol. The lowest BCUT2D eigenvalue weighted by atomic mass is 9.81. The zero-order chi connectivity index (χ0) is 15.2. The van der Waals surface area contributed by atoms with Gasteiger partial charge in [-0.1, -0.05) is 13.8 Å². The maximum absolute atomic E-state index is 11.3. The van der Waals surface area contributed by atoms with E-state index in [0.29, 0.717) is 6.42 Å². The summed E-state index contributed by atoms with van der Waals surface area (Å²) >= 11 is 0. The minimum atomic E-state index is -2.89. The van der Waals surface area contributed by atoms with Crippen molar-refractivity contribution in [3.63, 3.8) is 0 Å². The quantitative estimate of drug-likeness (QED) is 0.496. The zero-order valence-electron chi connectivity index (χ0n) is 13.2. The third-order valence-corrected chi connectivity index (χ3v) is 5.85. The van der Waals surface area contributed by atoms with Crippen LogP contribution in [0.3, 0.4) is 0 Å². The summed E-state index contributed by atoms with van der Waals surface area (Å²) in [5, 5.41) is 0. The molecule has 1 heterocycles. The van der Waals surface area contributed by atoms with Crippen molar-refractivity contribution in [3.05, 3.63) is 0 Å². The van der Waals surface area contributed by atoms with Crippen LogP contribution in [0.25, 0.3) is 0 Å². The van der Waals surface area contributed by atoms with Crippen molar-refractivity contribution in [2.24, 2.45) is 5.84 Å². The lowest BCUT2D eigenvalue weighted by Crippen LogP contribution is -2.61. The number of nitrogens with zero attached hydrogens (tertiary/aromatic N) is 1. The highest BCUT2D eigenvalue weighted by Gasteiger charge is 2.41. The van der Waals surface area contributed by atoms with E-state index in [1.165, 1.54) is 19.1 Å². The molecule has 1 aliphatic heterocycles. The summed E-state index contributed by atoms with van der Waals surface area (Å²) < 4.78 is 22.6. The highest BCUT2D eigenvalue weighted by Crippen LogP contribution is 2.33. The van der Waals surface area contributed by atoms with Gasteiger partial charge in [0, 0.05) is 23.6 Å². The summed E-state index contributed by atoms with van der Waals surface area (Å²) in [6, 6.07) is 0.150. The Labute approximate surface area is 124 Å². The molecular formula is C14H31N3O2S. The number of likely N-dealkylation sites (tertiary alicyclic amines) is 1. The Morgan fingerprint density at radius 2 is 1.80 bits per heavy atom. The lowest BCUT2D eigenvalue weighted by molar-refractivity contribution is 0.0584. The van der Waals surface area contributed by atoms with Gasteiger partial charge in [-0.3, -0.25) is 16.2 Å². The van der Waals surface area contributed by atoms with E-state index in [9.17, 15) is 8.42 Å². The molecule has 1 atom stereocenters. The van der Waals surface area contributed by atoms with Crippen LogP contribution >= 0.6 is 0 Å². The first-order valence-corrected chi connectivity index (χ1v) is 9.84. The van der Waals surface area contributed by atoms with Gasteiger partial charge < -0.3 is 0 Å². The van der Waals surface area contributed by atoms with Gasteiger partial charge in [0.2, 0.25) is 0 Å². The minimum Gasteiger partial charge on any atom is -0.296 e. The van der Waals surface area contributed by atoms with Crippen molar-refractivity contribution < 1.29 is 8.42 Å². The van der Waals surface area contributed by atoms with Crippen molar-refractivity contribution in [2.45, 2.75) is 64.0 Å². The summed E-state index contributed by atoms with van der Waals surface area (Å²) in [5.74, 6) is 6.05. The molecule has 0 saturated carbocycles. The highest BCUT2D eigenvalue weighted by atomic mass is 32.2. The number of nitrogens with one attached hydrogen (secondary N) is 1. The molecule has 20 heavy (non-hydrogen) atoms. The molecule has 0 aromatic heterocycles. The molecule has 0 spiro atoms. The second-order valence-electron chi connectivity index (χ2n) is 6.00. The molecule has 6 heteroatoms. The van der Waals surface area contributed by atoms with E-state index in [0.717, 1.165) is 32.4 Å². The Balaban J connectivity index is 2.75. The third-order valence-electron chi connectivity index (χ3n) is 4.82. The average molecular weight is 305 g/mol. The smallest absolute Gasteiger partial charge is 0.147 e. The first-order valence-electron chi connectivity index (χ1n) is 7.78. The third kappa shape index (κ3) is 4.41. The topological polar surface area (TPSA) is 75.4 Å². The summed E-state index contributed by atoms with van der Waals surface area (Å²) in [6.45, 7) is 6.68. The van der Waals surface area contributed by atoms with Crippen LogP contribution in [0, 0.1) is 0 Å². The van der Waals surface area contributed by atoms with Gasteiger partial charge in [0.25, 0.3) is 0 Å². The highest BCUT2D eigenvalue weighted by molar-refractivity contribution is 7.90. The van der Waals surface area contributed by atoms with E-state index in [-0.39, 0.29) is 17.3 Å². The second-order valence-corrected chi connectivity index (χ2v) is 8.26. The molecule has 5 nitrogen and oxygen atoms in total. The summed E-state index contributed by atoms with van der Waals surface area (Å²) in [7, 11) is -2.89. The molecular weight excluding hydrogens is 274 g/mol. The standard InChI is InChI=1S/C14H31N3O2S/c1-4-14(5-2,17-10-6-7-11-17)13(16-15)9-8-12-20(3,18)19/h13,16H,4-12,15H2,1-3H3. The number of nitrogens with two attached hydrogens (primary N) is 1. The van der Waals surface area contributed by atoms with Gasteiger partial charge in [0.1, 0.15) is 9.84 Å².